The molecule has 0 unspecified atom stereocenters. The number of rotatable bonds is 7. The first-order valence-corrected chi connectivity index (χ1v) is 12.2. The number of hydrogen-bond donors (Lipinski definition) is 2. The molecule has 1 saturated heterocycles. The SMILES string of the molecule is COc1ccc(-c2cnc3c(Nc4ccc(C(=O)N5CCC(CN)CC5)c(C(F)F)c4)nccn23)cc1F. The van der Waals surface area contributed by atoms with Crippen molar-refractivity contribution in [1.29, 1.82) is 0 Å². The monoisotopic (exact) mass is 524 g/mol. The maximum atomic E-state index is 14.3. The van der Waals surface area contributed by atoms with Gasteiger partial charge in [-0.1, -0.05) is 0 Å². The normalized spacial score (nSPS) is 14.3. The van der Waals surface area contributed by atoms with Gasteiger partial charge in [-0.05, 0) is 61.7 Å². The number of ether oxygens (including phenoxy) is 1. The Hall–Kier alpha value is -4.12. The fourth-order valence-corrected chi connectivity index (χ4v) is 4.74. The highest BCUT2D eigenvalue weighted by Gasteiger charge is 2.27. The molecule has 0 bridgehead atoms. The number of methoxy groups -OCH3 is 1. The van der Waals surface area contributed by atoms with Crippen LogP contribution >= 0.6 is 0 Å². The first-order valence-electron chi connectivity index (χ1n) is 12.2. The minimum Gasteiger partial charge on any atom is -0.494 e. The average molecular weight is 525 g/mol. The van der Waals surface area contributed by atoms with Gasteiger partial charge in [0.05, 0.1) is 19.0 Å². The van der Waals surface area contributed by atoms with E-state index >= 15 is 0 Å². The molecule has 198 valence electrons. The number of nitrogens with two attached hydrogens (primary N) is 1. The van der Waals surface area contributed by atoms with Crippen LogP contribution in [-0.2, 0) is 0 Å². The molecule has 1 amide bonds. The number of halogens is 3. The molecule has 5 rings (SSSR count). The molecule has 0 aliphatic carbocycles. The van der Waals surface area contributed by atoms with Gasteiger partial charge in [-0.3, -0.25) is 9.20 Å². The van der Waals surface area contributed by atoms with Gasteiger partial charge < -0.3 is 20.7 Å². The third kappa shape index (κ3) is 4.89. The van der Waals surface area contributed by atoms with Crippen LogP contribution in [-0.4, -0.2) is 51.9 Å². The first kappa shape index (κ1) is 25.5. The van der Waals surface area contributed by atoms with E-state index in [9.17, 15) is 18.0 Å². The largest absolute Gasteiger partial charge is 0.494 e. The fourth-order valence-electron chi connectivity index (χ4n) is 4.74. The number of nitrogens with zero attached hydrogens (tertiary/aromatic N) is 4. The molecular weight excluding hydrogens is 497 g/mol. The van der Waals surface area contributed by atoms with E-state index in [0.29, 0.717) is 54.0 Å². The van der Waals surface area contributed by atoms with E-state index in [2.05, 4.69) is 15.3 Å². The highest BCUT2D eigenvalue weighted by atomic mass is 19.3. The molecule has 4 aromatic rings. The number of likely N-dealkylation sites (tertiary alicyclic amines) is 1. The first-order chi connectivity index (χ1) is 18.4. The molecule has 3 heterocycles. The number of benzene rings is 2. The predicted molar refractivity (Wildman–Crippen MR) is 137 cm³/mol. The molecule has 3 N–H and O–H groups in total. The number of fused-ring (bicyclic) bond motifs is 1. The number of hydrogen-bond acceptors (Lipinski definition) is 6. The molecule has 0 atom stereocenters. The summed E-state index contributed by atoms with van der Waals surface area (Å²) in [6.07, 6.45) is 3.45. The molecule has 38 heavy (non-hydrogen) atoms. The predicted octanol–water partition coefficient (Wildman–Crippen LogP) is 5.04. The minimum absolute atomic E-state index is 0.0208. The molecule has 8 nitrogen and oxygen atoms in total. The summed E-state index contributed by atoms with van der Waals surface area (Å²) in [4.78, 5) is 23.4. The van der Waals surface area contributed by atoms with Crippen LogP contribution in [0.5, 0.6) is 5.75 Å². The number of carbonyl (C=O) groups excluding carboxylic acids is 1. The van der Waals surface area contributed by atoms with Crippen LogP contribution in [0.4, 0.5) is 24.7 Å². The van der Waals surface area contributed by atoms with Crippen molar-refractivity contribution in [2.45, 2.75) is 19.3 Å². The van der Waals surface area contributed by atoms with Gasteiger partial charge in [0.2, 0.25) is 0 Å². The number of amides is 1. The Bertz CT molecular complexity index is 1470. The van der Waals surface area contributed by atoms with Crippen molar-refractivity contribution < 1.29 is 22.7 Å². The minimum atomic E-state index is -2.84. The van der Waals surface area contributed by atoms with Crippen molar-refractivity contribution in [3.05, 3.63) is 71.9 Å². The van der Waals surface area contributed by atoms with E-state index < -0.39 is 18.1 Å². The molecule has 0 saturated carbocycles. The second kappa shape index (κ2) is 10.7. The molecule has 0 spiro atoms. The summed E-state index contributed by atoms with van der Waals surface area (Å²) in [5.41, 5.74) is 7.28. The molecule has 0 radical (unpaired) electrons. The highest BCUT2D eigenvalue weighted by Crippen LogP contribution is 2.31. The van der Waals surface area contributed by atoms with Crippen LogP contribution in [0.15, 0.2) is 55.0 Å². The molecule has 2 aromatic heterocycles. The van der Waals surface area contributed by atoms with Crippen molar-refractivity contribution in [3.8, 4) is 17.0 Å². The summed E-state index contributed by atoms with van der Waals surface area (Å²) < 4.78 is 49.1. The van der Waals surface area contributed by atoms with Crippen molar-refractivity contribution in [2.75, 3.05) is 32.1 Å². The topological polar surface area (TPSA) is 97.8 Å². The smallest absolute Gasteiger partial charge is 0.264 e. The Morgan fingerprint density at radius 2 is 1.97 bits per heavy atom. The molecule has 1 fully saturated rings. The van der Waals surface area contributed by atoms with Gasteiger partial charge in [-0.15, -0.1) is 0 Å². The Labute approximate surface area is 217 Å². The van der Waals surface area contributed by atoms with Gasteiger partial charge in [0.25, 0.3) is 12.3 Å². The Morgan fingerprint density at radius 1 is 1.18 bits per heavy atom. The number of alkyl halides is 2. The third-order valence-electron chi connectivity index (χ3n) is 6.89. The van der Waals surface area contributed by atoms with Crippen molar-refractivity contribution >= 4 is 23.1 Å². The van der Waals surface area contributed by atoms with Gasteiger partial charge in [0, 0.05) is 47.9 Å². The summed E-state index contributed by atoms with van der Waals surface area (Å²) in [7, 11) is 1.39. The number of imidazole rings is 1. The van der Waals surface area contributed by atoms with Crippen molar-refractivity contribution in [2.24, 2.45) is 11.7 Å². The summed E-state index contributed by atoms with van der Waals surface area (Å²) in [6, 6.07) is 8.83. The third-order valence-corrected chi connectivity index (χ3v) is 6.89. The van der Waals surface area contributed by atoms with E-state index in [1.54, 1.807) is 33.8 Å². The molecule has 11 heteroatoms. The quantitative estimate of drug-likeness (QED) is 0.352. The van der Waals surface area contributed by atoms with Gasteiger partial charge in [0.1, 0.15) is 0 Å². The highest BCUT2D eigenvalue weighted by molar-refractivity contribution is 5.96. The van der Waals surface area contributed by atoms with E-state index in [1.165, 1.54) is 37.6 Å². The van der Waals surface area contributed by atoms with Crippen molar-refractivity contribution in [3.63, 3.8) is 0 Å². The average Bonchev–Trinajstić information content (AvgIpc) is 3.38. The number of nitrogens with one attached hydrogen (secondary N) is 1. The summed E-state index contributed by atoms with van der Waals surface area (Å²) in [5.74, 6) is -0.126. The summed E-state index contributed by atoms with van der Waals surface area (Å²) in [6.45, 7) is 1.55. The van der Waals surface area contributed by atoms with Crippen LogP contribution in [0.3, 0.4) is 0 Å². The second-order valence-electron chi connectivity index (χ2n) is 9.16. The lowest BCUT2D eigenvalue weighted by Gasteiger charge is -2.32. The lowest BCUT2D eigenvalue weighted by Crippen LogP contribution is -2.40. The number of piperidine rings is 1. The molecule has 1 aliphatic rings. The van der Waals surface area contributed by atoms with Crippen LogP contribution in [0.2, 0.25) is 0 Å². The van der Waals surface area contributed by atoms with Crippen LogP contribution in [0, 0.1) is 11.7 Å². The zero-order chi connectivity index (χ0) is 26.8. The maximum absolute atomic E-state index is 14.3. The number of carbonyl (C=O) groups is 1. The van der Waals surface area contributed by atoms with Crippen molar-refractivity contribution in [1.82, 2.24) is 19.3 Å². The molecule has 2 aromatic carbocycles. The lowest BCUT2D eigenvalue weighted by atomic mass is 9.96. The van der Waals surface area contributed by atoms with Crippen LogP contribution in [0.25, 0.3) is 16.9 Å². The standard InChI is InChI=1S/C27H27F3N6O2/c1-38-23-5-2-17(12-21(23)28)22-15-33-26-25(32-8-11-36(22)26)34-18-3-4-19(20(13-18)24(29)30)27(37)35-9-6-16(14-31)7-10-35/h2-5,8,11-13,15-16,24H,6-7,9-10,14,31H2,1H3,(H,32,34). The number of anilines is 2. The number of aromatic nitrogens is 3. The van der Waals surface area contributed by atoms with Gasteiger partial charge >= 0.3 is 0 Å². The Morgan fingerprint density at radius 3 is 2.66 bits per heavy atom. The Balaban J connectivity index is 1.42. The molecular formula is C27H27F3N6O2. The lowest BCUT2D eigenvalue weighted by molar-refractivity contribution is 0.0682. The van der Waals surface area contributed by atoms with E-state index in [-0.39, 0.29) is 16.9 Å². The molecule has 1 aliphatic heterocycles. The summed E-state index contributed by atoms with van der Waals surface area (Å²) >= 11 is 0. The zero-order valence-electron chi connectivity index (χ0n) is 20.7. The van der Waals surface area contributed by atoms with Crippen LogP contribution in [0.1, 0.15) is 35.2 Å². The Kier molecular flexibility index (Phi) is 7.19. The van der Waals surface area contributed by atoms with E-state index in [0.717, 1.165) is 12.8 Å². The van der Waals surface area contributed by atoms with Gasteiger partial charge in [0.15, 0.2) is 23.0 Å². The summed E-state index contributed by atoms with van der Waals surface area (Å²) in [5, 5.41) is 3.04. The maximum Gasteiger partial charge on any atom is 0.264 e. The van der Waals surface area contributed by atoms with E-state index in [1.807, 2.05) is 0 Å². The van der Waals surface area contributed by atoms with E-state index in [4.69, 9.17) is 10.5 Å². The fraction of sp³-hybridized carbons (Fsp3) is 0.296. The van der Waals surface area contributed by atoms with Gasteiger partial charge in [-0.2, -0.15) is 0 Å². The zero-order valence-corrected chi connectivity index (χ0v) is 20.7. The van der Waals surface area contributed by atoms with Gasteiger partial charge in [-0.25, -0.2) is 23.1 Å². The second-order valence-corrected chi connectivity index (χ2v) is 9.16. The van der Waals surface area contributed by atoms with Crippen LogP contribution < -0.4 is 15.8 Å².